The summed E-state index contributed by atoms with van der Waals surface area (Å²) in [5.74, 6) is 0.560. The van der Waals surface area contributed by atoms with Gasteiger partial charge >= 0.3 is 0 Å². The van der Waals surface area contributed by atoms with Crippen LogP contribution in [0.3, 0.4) is 0 Å². The van der Waals surface area contributed by atoms with Crippen LogP contribution in [0.15, 0.2) is 18.2 Å². The van der Waals surface area contributed by atoms with E-state index in [1.54, 1.807) is 12.1 Å². The summed E-state index contributed by atoms with van der Waals surface area (Å²) < 4.78 is 10.6. The number of ether oxygens (including phenoxy) is 2. The van der Waals surface area contributed by atoms with Gasteiger partial charge in [-0.05, 0) is 13.0 Å². The van der Waals surface area contributed by atoms with Crippen molar-refractivity contribution in [1.82, 2.24) is 0 Å². The van der Waals surface area contributed by atoms with Gasteiger partial charge in [-0.15, -0.1) is 0 Å². The van der Waals surface area contributed by atoms with Crippen molar-refractivity contribution in [3.05, 3.63) is 28.3 Å². The Bertz CT molecular complexity index is 494. The maximum Gasteiger partial charge on any atom is 0.292 e. The normalized spacial score (nSPS) is 22.6. The number of nitro groups is 1. The minimum Gasteiger partial charge on any atom is -0.497 e. The Morgan fingerprint density at radius 2 is 2.35 bits per heavy atom. The number of aliphatic hydroxyl groups excluding tert-OH is 1. The van der Waals surface area contributed by atoms with Crippen LogP contribution in [-0.4, -0.2) is 49.0 Å². The van der Waals surface area contributed by atoms with E-state index in [2.05, 4.69) is 0 Å². The first-order valence-electron chi connectivity index (χ1n) is 6.38. The SMILES string of the molecule is COc1ccc([N+](=O)[O-])c(N2CC(CO)OCC2C)c1. The third kappa shape index (κ3) is 2.83. The molecule has 0 amide bonds. The van der Waals surface area contributed by atoms with Gasteiger partial charge in [0.25, 0.3) is 5.69 Å². The molecule has 110 valence electrons. The van der Waals surface area contributed by atoms with Crippen molar-refractivity contribution < 1.29 is 19.5 Å². The molecule has 1 fully saturated rings. The first kappa shape index (κ1) is 14.5. The first-order chi connectivity index (χ1) is 9.56. The lowest BCUT2D eigenvalue weighted by Crippen LogP contribution is -2.49. The molecule has 0 saturated carbocycles. The minimum absolute atomic E-state index is 0.0105. The molecule has 7 heteroatoms. The number of nitrogens with zero attached hydrogens (tertiary/aromatic N) is 2. The van der Waals surface area contributed by atoms with Crippen molar-refractivity contribution in [2.75, 3.05) is 31.8 Å². The van der Waals surface area contributed by atoms with Crippen LogP contribution < -0.4 is 9.64 Å². The average molecular weight is 282 g/mol. The van der Waals surface area contributed by atoms with E-state index in [-0.39, 0.29) is 24.4 Å². The summed E-state index contributed by atoms with van der Waals surface area (Å²) in [5, 5.41) is 20.4. The maximum atomic E-state index is 11.2. The smallest absolute Gasteiger partial charge is 0.292 e. The molecule has 20 heavy (non-hydrogen) atoms. The molecule has 0 spiro atoms. The van der Waals surface area contributed by atoms with Crippen LogP contribution in [0.25, 0.3) is 0 Å². The highest BCUT2D eigenvalue weighted by Gasteiger charge is 2.30. The fourth-order valence-corrected chi connectivity index (χ4v) is 2.28. The molecular weight excluding hydrogens is 264 g/mol. The lowest BCUT2D eigenvalue weighted by Gasteiger charge is -2.38. The molecule has 2 unspecified atom stereocenters. The third-order valence-electron chi connectivity index (χ3n) is 3.40. The van der Waals surface area contributed by atoms with Gasteiger partial charge in [-0.3, -0.25) is 10.1 Å². The Morgan fingerprint density at radius 1 is 1.60 bits per heavy atom. The van der Waals surface area contributed by atoms with Crippen LogP contribution in [0.4, 0.5) is 11.4 Å². The van der Waals surface area contributed by atoms with E-state index in [4.69, 9.17) is 9.47 Å². The van der Waals surface area contributed by atoms with E-state index in [1.165, 1.54) is 13.2 Å². The highest BCUT2D eigenvalue weighted by Crippen LogP contribution is 2.34. The molecule has 1 heterocycles. The molecule has 1 N–H and O–H groups in total. The Labute approximate surface area is 116 Å². The number of hydrogen-bond donors (Lipinski definition) is 1. The summed E-state index contributed by atoms with van der Waals surface area (Å²) in [4.78, 5) is 12.6. The molecule has 0 radical (unpaired) electrons. The average Bonchev–Trinajstić information content (AvgIpc) is 2.47. The summed E-state index contributed by atoms with van der Waals surface area (Å²) in [6, 6.07) is 4.64. The van der Waals surface area contributed by atoms with Crippen molar-refractivity contribution in [3.63, 3.8) is 0 Å². The fourth-order valence-electron chi connectivity index (χ4n) is 2.28. The molecule has 1 aromatic carbocycles. The van der Waals surface area contributed by atoms with Gasteiger partial charge < -0.3 is 19.5 Å². The van der Waals surface area contributed by atoms with Crippen LogP contribution >= 0.6 is 0 Å². The first-order valence-corrected chi connectivity index (χ1v) is 6.38. The molecule has 1 saturated heterocycles. The Morgan fingerprint density at radius 3 is 2.95 bits per heavy atom. The quantitative estimate of drug-likeness (QED) is 0.659. The fraction of sp³-hybridized carbons (Fsp3) is 0.538. The number of morpholine rings is 1. The number of nitro benzene ring substituents is 1. The van der Waals surface area contributed by atoms with E-state index < -0.39 is 4.92 Å². The molecule has 2 rings (SSSR count). The van der Waals surface area contributed by atoms with Crippen LogP contribution in [0, 0.1) is 10.1 Å². The van der Waals surface area contributed by atoms with E-state index in [9.17, 15) is 15.2 Å². The van der Waals surface area contributed by atoms with Gasteiger partial charge in [-0.25, -0.2) is 0 Å². The molecule has 2 atom stereocenters. The van der Waals surface area contributed by atoms with Crippen molar-refractivity contribution in [2.24, 2.45) is 0 Å². The van der Waals surface area contributed by atoms with Crippen LogP contribution in [0.5, 0.6) is 5.75 Å². The molecule has 1 aromatic rings. The highest BCUT2D eigenvalue weighted by atomic mass is 16.6. The topological polar surface area (TPSA) is 85.1 Å². The van der Waals surface area contributed by atoms with Gasteiger partial charge in [-0.1, -0.05) is 0 Å². The molecule has 7 nitrogen and oxygen atoms in total. The lowest BCUT2D eigenvalue weighted by molar-refractivity contribution is -0.384. The summed E-state index contributed by atoms with van der Waals surface area (Å²) in [5.41, 5.74) is 0.514. The number of aliphatic hydroxyl groups is 1. The second-order valence-corrected chi connectivity index (χ2v) is 4.75. The Balaban J connectivity index is 2.40. The lowest BCUT2D eigenvalue weighted by atomic mass is 10.1. The zero-order valence-electron chi connectivity index (χ0n) is 11.5. The highest BCUT2D eigenvalue weighted by molar-refractivity contribution is 5.66. The molecule has 1 aliphatic rings. The van der Waals surface area contributed by atoms with Crippen molar-refractivity contribution >= 4 is 11.4 Å². The number of hydrogen-bond acceptors (Lipinski definition) is 6. The van der Waals surface area contributed by atoms with Crippen LogP contribution in [0.2, 0.25) is 0 Å². The second kappa shape index (κ2) is 6.06. The van der Waals surface area contributed by atoms with Gasteiger partial charge in [-0.2, -0.15) is 0 Å². The van der Waals surface area contributed by atoms with Crippen LogP contribution in [-0.2, 0) is 4.74 Å². The van der Waals surface area contributed by atoms with E-state index in [1.807, 2.05) is 11.8 Å². The Kier molecular flexibility index (Phi) is 4.41. The third-order valence-corrected chi connectivity index (χ3v) is 3.40. The van der Waals surface area contributed by atoms with Gasteiger partial charge in [0, 0.05) is 24.7 Å². The zero-order valence-corrected chi connectivity index (χ0v) is 11.5. The summed E-state index contributed by atoms with van der Waals surface area (Å²) >= 11 is 0. The molecule has 0 aliphatic carbocycles. The summed E-state index contributed by atoms with van der Waals surface area (Å²) in [6.45, 7) is 2.64. The van der Waals surface area contributed by atoms with E-state index in [0.717, 1.165) is 0 Å². The van der Waals surface area contributed by atoms with E-state index >= 15 is 0 Å². The monoisotopic (exact) mass is 282 g/mol. The van der Waals surface area contributed by atoms with Gasteiger partial charge in [0.1, 0.15) is 11.4 Å². The summed E-state index contributed by atoms with van der Waals surface area (Å²) in [7, 11) is 1.52. The van der Waals surface area contributed by atoms with Gasteiger partial charge in [0.05, 0.1) is 31.4 Å². The maximum absolute atomic E-state index is 11.2. The van der Waals surface area contributed by atoms with Crippen molar-refractivity contribution in [2.45, 2.75) is 19.1 Å². The number of methoxy groups -OCH3 is 1. The largest absolute Gasteiger partial charge is 0.497 e. The standard InChI is InChI=1S/C13H18N2O5/c1-9-8-20-11(7-16)6-14(9)13-5-10(19-2)3-4-12(13)15(17)18/h3-5,9,11,16H,6-8H2,1-2H3. The number of rotatable bonds is 4. The van der Waals surface area contributed by atoms with Crippen LogP contribution in [0.1, 0.15) is 6.92 Å². The summed E-state index contributed by atoms with van der Waals surface area (Å²) in [6.07, 6.45) is -0.336. The van der Waals surface area contributed by atoms with Gasteiger partial charge in [0.15, 0.2) is 0 Å². The van der Waals surface area contributed by atoms with E-state index in [0.29, 0.717) is 24.6 Å². The molecule has 0 aromatic heterocycles. The zero-order chi connectivity index (χ0) is 14.7. The molecule has 0 bridgehead atoms. The molecule has 1 aliphatic heterocycles. The van der Waals surface area contributed by atoms with Crippen molar-refractivity contribution in [1.29, 1.82) is 0 Å². The second-order valence-electron chi connectivity index (χ2n) is 4.75. The predicted molar refractivity (Wildman–Crippen MR) is 73.3 cm³/mol. The minimum atomic E-state index is -0.412. The number of anilines is 1. The number of benzene rings is 1. The van der Waals surface area contributed by atoms with Gasteiger partial charge in [0.2, 0.25) is 0 Å². The predicted octanol–water partition coefficient (Wildman–Crippen LogP) is 1.19. The Hall–Kier alpha value is -1.86. The molecular formula is C13H18N2O5. The van der Waals surface area contributed by atoms with Crippen molar-refractivity contribution in [3.8, 4) is 5.75 Å².